The minimum Gasteiger partial charge on any atom is -0.356 e. The zero-order valence-corrected chi connectivity index (χ0v) is 13.8. The summed E-state index contributed by atoms with van der Waals surface area (Å²) in [5.74, 6) is 0.636. The van der Waals surface area contributed by atoms with Gasteiger partial charge in [0.15, 0.2) is 11.7 Å². The van der Waals surface area contributed by atoms with Gasteiger partial charge in [-0.3, -0.25) is 4.99 Å². The molecule has 0 amide bonds. The van der Waals surface area contributed by atoms with Crippen molar-refractivity contribution in [2.45, 2.75) is 19.5 Å². The van der Waals surface area contributed by atoms with Gasteiger partial charge in [0.25, 0.3) is 0 Å². The van der Waals surface area contributed by atoms with Crippen molar-refractivity contribution in [2.24, 2.45) is 4.99 Å². The van der Waals surface area contributed by atoms with E-state index in [2.05, 4.69) is 32.4 Å². The number of likely N-dealkylation sites (N-methyl/N-ethyl adjacent to an activating group) is 1. The van der Waals surface area contributed by atoms with E-state index in [4.69, 9.17) is 0 Å². The molecule has 5 nitrogen and oxygen atoms in total. The molecular weight excluding hydrogens is 315 g/mol. The van der Waals surface area contributed by atoms with Gasteiger partial charge in [-0.1, -0.05) is 6.92 Å². The Morgan fingerprint density at radius 3 is 2.59 bits per heavy atom. The highest BCUT2D eigenvalue weighted by atomic mass is 32.1. The number of hydrogen-bond acceptors (Lipinski definition) is 4. The monoisotopic (exact) mass is 337 g/mol. The number of nitrogens with zero attached hydrogens (tertiary/aromatic N) is 3. The van der Waals surface area contributed by atoms with Crippen molar-refractivity contribution in [3.8, 4) is 0 Å². The number of nitrogens with one attached hydrogen (secondary N) is 2. The fourth-order valence-electron chi connectivity index (χ4n) is 1.59. The number of aliphatic imine (C=N–C) groups is 1. The van der Waals surface area contributed by atoms with Crippen molar-refractivity contribution in [1.29, 1.82) is 0 Å². The molecule has 0 bridgehead atoms. The van der Waals surface area contributed by atoms with Gasteiger partial charge in [0, 0.05) is 38.5 Å². The normalized spacial score (nSPS) is 12.8. The van der Waals surface area contributed by atoms with Gasteiger partial charge in [-0.25, -0.2) is 4.98 Å². The molecule has 1 heterocycles. The Labute approximate surface area is 132 Å². The molecule has 0 saturated heterocycles. The van der Waals surface area contributed by atoms with Crippen LogP contribution >= 0.6 is 11.3 Å². The second-order valence-electron chi connectivity index (χ2n) is 4.70. The first-order valence-electron chi connectivity index (χ1n) is 7.01. The van der Waals surface area contributed by atoms with Crippen LogP contribution in [0.15, 0.2) is 10.4 Å². The second kappa shape index (κ2) is 8.94. The number of rotatable bonds is 7. The number of aromatic nitrogens is 1. The highest BCUT2D eigenvalue weighted by molar-refractivity contribution is 7.09. The third-order valence-electron chi connectivity index (χ3n) is 3.02. The summed E-state index contributed by atoms with van der Waals surface area (Å²) in [4.78, 5) is 9.81. The fraction of sp³-hybridized carbons (Fsp3) is 0.692. The van der Waals surface area contributed by atoms with Gasteiger partial charge in [-0.2, -0.15) is 13.2 Å². The smallest absolute Gasteiger partial charge is 0.356 e. The summed E-state index contributed by atoms with van der Waals surface area (Å²) in [6.07, 6.45) is -3.94. The number of alkyl halides is 3. The summed E-state index contributed by atoms with van der Waals surface area (Å²) in [7, 11) is 3.68. The fourth-order valence-corrected chi connectivity index (χ4v) is 2.39. The molecule has 0 unspecified atom stereocenters. The molecule has 0 aliphatic rings. The van der Waals surface area contributed by atoms with E-state index in [9.17, 15) is 13.2 Å². The van der Waals surface area contributed by atoms with E-state index in [1.807, 2.05) is 7.05 Å². The highest BCUT2D eigenvalue weighted by Gasteiger charge is 2.33. The topological polar surface area (TPSA) is 52.5 Å². The second-order valence-corrected chi connectivity index (χ2v) is 5.64. The van der Waals surface area contributed by atoms with Crippen LogP contribution in [0.4, 0.5) is 13.2 Å². The predicted molar refractivity (Wildman–Crippen MR) is 83.4 cm³/mol. The molecule has 1 rings (SSSR count). The van der Waals surface area contributed by atoms with Crippen LogP contribution in [-0.4, -0.2) is 56.1 Å². The molecular formula is C13H22F3N5S. The minimum atomic E-state index is -4.37. The van der Waals surface area contributed by atoms with Crippen LogP contribution in [0.1, 0.15) is 17.6 Å². The summed E-state index contributed by atoms with van der Waals surface area (Å²) >= 11 is 1.02. The van der Waals surface area contributed by atoms with Crippen LogP contribution in [-0.2, 0) is 12.6 Å². The predicted octanol–water partition coefficient (Wildman–Crippen LogP) is 1.82. The zero-order chi connectivity index (χ0) is 16.6. The van der Waals surface area contributed by atoms with Crippen molar-refractivity contribution in [2.75, 3.05) is 40.3 Å². The first-order valence-corrected chi connectivity index (χ1v) is 7.89. The summed E-state index contributed by atoms with van der Waals surface area (Å²) in [6, 6.07) is 0. The first-order chi connectivity index (χ1) is 10.4. The van der Waals surface area contributed by atoms with E-state index in [1.165, 1.54) is 0 Å². The molecule has 0 atom stereocenters. The summed E-state index contributed by atoms with van der Waals surface area (Å²) < 4.78 is 37.3. The summed E-state index contributed by atoms with van der Waals surface area (Å²) in [6.45, 7) is 5.17. The van der Waals surface area contributed by atoms with E-state index in [0.29, 0.717) is 23.9 Å². The van der Waals surface area contributed by atoms with Crippen molar-refractivity contribution < 1.29 is 13.2 Å². The number of guanidine groups is 1. The van der Waals surface area contributed by atoms with E-state index in [1.54, 1.807) is 7.05 Å². The molecule has 1 aromatic rings. The maximum atomic E-state index is 12.4. The summed E-state index contributed by atoms with van der Waals surface area (Å²) in [5, 5.41) is 7.72. The Balaban J connectivity index is 2.31. The third-order valence-corrected chi connectivity index (χ3v) is 3.93. The van der Waals surface area contributed by atoms with Gasteiger partial charge in [-0.05, 0) is 13.6 Å². The summed E-state index contributed by atoms with van der Waals surface area (Å²) in [5.41, 5.74) is -0.822. The van der Waals surface area contributed by atoms with Crippen LogP contribution < -0.4 is 10.6 Å². The van der Waals surface area contributed by atoms with E-state index in [0.717, 1.165) is 36.4 Å². The Hall–Kier alpha value is -1.35. The lowest BCUT2D eigenvalue weighted by atomic mass is 10.4. The minimum absolute atomic E-state index is 0.427. The number of halogens is 3. The SMILES string of the molecule is CCN(C)CCNC(=NC)NCCc1nc(C(F)(F)F)cs1. The maximum absolute atomic E-state index is 12.4. The lowest BCUT2D eigenvalue weighted by molar-refractivity contribution is -0.140. The molecule has 0 saturated carbocycles. The third kappa shape index (κ3) is 6.61. The Kier molecular flexibility index (Phi) is 7.60. The van der Waals surface area contributed by atoms with Gasteiger partial charge in [-0.15, -0.1) is 11.3 Å². The lowest BCUT2D eigenvalue weighted by Crippen LogP contribution is -2.41. The largest absolute Gasteiger partial charge is 0.434 e. The van der Waals surface area contributed by atoms with Gasteiger partial charge in [0.05, 0.1) is 5.01 Å². The number of thiazole rings is 1. The van der Waals surface area contributed by atoms with E-state index >= 15 is 0 Å². The van der Waals surface area contributed by atoms with Crippen LogP contribution in [0.5, 0.6) is 0 Å². The highest BCUT2D eigenvalue weighted by Crippen LogP contribution is 2.29. The van der Waals surface area contributed by atoms with Crippen molar-refractivity contribution in [3.05, 3.63) is 16.1 Å². The average Bonchev–Trinajstić information content (AvgIpc) is 2.94. The molecule has 0 aliphatic heterocycles. The molecule has 126 valence electrons. The standard InChI is InChI=1S/C13H22F3N5S/c1-4-21(3)8-7-19-12(17-2)18-6-5-11-20-10(9-22-11)13(14,15)16/h9H,4-8H2,1-3H3,(H2,17,18,19). The van der Waals surface area contributed by atoms with Crippen LogP contribution in [0.2, 0.25) is 0 Å². The van der Waals surface area contributed by atoms with Crippen molar-refractivity contribution in [1.82, 2.24) is 20.5 Å². The Morgan fingerprint density at radius 2 is 2.05 bits per heavy atom. The van der Waals surface area contributed by atoms with Gasteiger partial charge >= 0.3 is 6.18 Å². The van der Waals surface area contributed by atoms with Crippen LogP contribution in [0, 0.1) is 0 Å². The average molecular weight is 337 g/mol. The molecule has 0 aliphatic carbocycles. The quantitative estimate of drug-likeness (QED) is 0.589. The van der Waals surface area contributed by atoms with Crippen molar-refractivity contribution >= 4 is 17.3 Å². The molecule has 1 aromatic heterocycles. The molecule has 0 radical (unpaired) electrons. The van der Waals surface area contributed by atoms with Crippen LogP contribution in [0.3, 0.4) is 0 Å². The molecule has 0 fully saturated rings. The molecule has 2 N–H and O–H groups in total. The van der Waals surface area contributed by atoms with Crippen LogP contribution in [0.25, 0.3) is 0 Å². The van der Waals surface area contributed by atoms with E-state index < -0.39 is 11.9 Å². The maximum Gasteiger partial charge on any atom is 0.434 e. The molecule has 0 aromatic carbocycles. The van der Waals surface area contributed by atoms with Crippen molar-refractivity contribution in [3.63, 3.8) is 0 Å². The van der Waals surface area contributed by atoms with Gasteiger partial charge in [0.2, 0.25) is 0 Å². The van der Waals surface area contributed by atoms with Gasteiger partial charge in [0.1, 0.15) is 0 Å². The zero-order valence-electron chi connectivity index (χ0n) is 13.0. The molecule has 22 heavy (non-hydrogen) atoms. The Morgan fingerprint density at radius 1 is 1.36 bits per heavy atom. The van der Waals surface area contributed by atoms with Gasteiger partial charge < -0.3 is 15.5 Å². The Bertz CT molecular complexity index is 472. The number of hydrogen-bond donors (Lipinski definition) is 2. The molecule has 9 heteroatoms. The molecule has 0 spiro atoms. The first kappa shape index (κ1) is 18.7. The van der Waals surface area contributed by atoms with E-state index in [-0.39, 0.29) is 0 Å². The lowest BCUT2D eigenvalue weighted by Gasteiger charge is -2.16.